The van der Waals surface area contributed by atoms with Crippen molar-refractivity contribution in [2.45, 2.75) is 51.5 Å². The van der Waals surface area contributed by atoms with Gasteiger partial charge < -0.3 is 10.2 Å². The molecule has 0 aromatic rings. The lowest BCUT2D eigenvalue weighted by atomic mass is 10.1. The molecule has 2 heterocycles. The topological polar surface area (TPSA) is 35.6 Å². The number of likely N-dealkylation sites (tertiary alicyclic amines) is 1. The molecule has 0 aromatic carbocycles. The Bertz CT molecular complexity index is 277. The predicted octanol–water partition coefficient (Wildman–Crippen LogP) is 1.46. The van der Waals surface area contributed by atoms with Crippen LogP contribution in [-0.4, -0.2) is 61.0 Å². The van der Waals surface area contributed by atoms with Crippen molar-refractivity contribution in [3.8, 4) is 0 Å². The normalized spacial score (nSPS) is 24.9. The van der Waals surface area contributed by atoms with Crippen LogP contribution in [0.25, 0.3) is 0 Å². The molecule has 2 aliphatic rings. The second-order valence-electron chi connectivity index (χ2n) is 5.83. The Morgan fingerprint density at radius 3 is 2.68 bits per heavy atom. The van der Waals surface area contributed by atoms with Gasteiger partial charge in [-0.1, -0.05) is 26.2 Å². The van der Waals surface area contributed by atoms with Crippen molar-refractivity contribution < 1.29 is 4.79 Å². The van der Waals surface area contributed by atoms with Gasteiger partial charge in [0, 0.05) is 26.2 Å². The molecular weight excluding hydrogens is 238 g/mol. The third-order valence-electron chi connectivity index (χ3n) is 4.38. The Kier molecular flexibility index (Phi) is 6.11. The van der Waals surface area contributed by atoms with Crippen molar-refractivity contribution in [2.75, 3.05) is 39.3 Å². The number of carbonyl (C=O) groups excluding carboxylic acids is 1. The van der Waals surface area contributed by atoms with Gasteiger partial charge in [0.1, 0.15) is 0 Å². The van der Waals surface area contributed by atoms with E-state index in [1.54, 1.807) is 0 Å². The highest BCUT2D eigenvalue weighted by atomic mass is 16.2. The fourth-order valence-corrected chi connectivity index (χ4v) is 3.21. The minimum absolute atomic E-state index is 0.180. The zero-order chi connectivity index (χ0) is 13.5. The van der Waals surface area contributed by atoms with Crippen molar-refractivity contribution in [3.05, 3.63) is 0 Å². The van der Waals surface area contributed by atoms with Crippen LogP contribution in [0.1, 0.15) is 45.4 Å². The van der Waals surface area contributed by atoms with Crippen LogP contribution in [0.4, 0.5) is 0 Å². The number of amides is 1. The molecule has 4 heteroatoms. The summed E-state index contributed by atoms with van der Waals surface area (Å²) in [6.45, 7) is 8.16. The van der Waals surface area contributed by atoms with Crippen LogP contribution in [-0.2, 0) is 4.79 Å². The van der Waals surface area contributed by atoms with Crippen LogP contribution in [0.15, 0.2) is 0 Å². The second-order valence-corrected chi connectivity index (χ2v) is 5.83. The fourth-order valence-electron chi connectivity index (χ4n) is 3.21. The van der Waals surface area contributed by atoms with Gasteiger partial charge in [0.2, 0.25) is 5.91 Å². The number of hydrogen-bond acceptors (Lipinski definition) is 3. The molecule has 0 saturated carbocycles. The highest BCUT2D eigenvalue weighted by molar-refractivity contribution is 5.82. The summed E-state index contributed by atoms with van der Waals surface area (Å²) in [6.07, 6.45) is 7.42. The molecule has 1 unspecified atom stereocenters. The van der Waals surface area contributed by atoms with E-state index < -0.39 is 0 Å². The molecular formula is C15H29N3O. The van der Waals surface area contributed by atoms with Crippen molar-refractivity contribution in [1.82, 2.24) is 15.1 Å². The van der Waals surface area contributed by atoms with E-state index in [9.17, 15) is 4.79 Å². The summed E-state index contributed by atoms with van der Waals surface area (Å²) in [5, 5.41) is 3.31. The maximum absolute atomic E-state index is 12.6. The summed E-state index contributed by atoms with van der Waals surface area (Å²) in [4.78, 5) is 17.0. The summed E-state index contributed by atoms with van der Waals surface area (Å²) in [5.74, 6) is 0.384. The Hall–Kier alpha value is -0.610. The molecule has 0 radical (unpaired) electrons. The zero-order valence-corrected chi connectivity index (χ0v) is 12.4. The van der Waals surface area contributed by atoms with E-state index in [4.69, 9.17) is 0 Å². The Labute approximate surface area is 117 Å². The van der Waals surface area contributed by atoms with Crippen molar-refractivity contribution in [1.29, 1.82) is 0 Å². The van der Waals surface area contributed by atoms with Crippen LogP contribution < -0.4 is 5.32 Å². The average Bonchev–Trinajstić information content (AvgIpc) is 2.92. The largest absolute Gasteiger partial charge is 0.339 e. The van der Waals surface area contributed by atoms with E-state index >= 15 is 0 Å². The number of nitrogens with zero attached hydrogens (tertiary/aromatic N) is 2. The van der Waals surface area contributed by atoms with Gasteiger partial charge in [0.25, 0.3) is 0 Å². The lowest BCUT2D eigenvalue weighted by Crippen LogP contribution is -2.52. The molecule has 0 aliphatic carbocycles. The smallest absolute Gasteiger partial charge is 0.240 e. The molecule has 4 nitrogen and oxygen atoms in total. The molecule has 0 spiro atoms. The molecule has 2 fully saturated rings. The second kappa shape index (κ2) is 7.85. The van der Waals surface area contributed by atoms with Crippen LogP contribution in [0.2, 0.25) is 0 Å². The molecule has 1 atom stereocenters. The molecule has 110 valence electrons. The summed E-state index contributed by atoms with van der Waals surface area (Å²) >= 11 is 0. The van der Waals surface area contributed by atoms with Gasteiger partial charge in [-0.2, -0.15) is 0 Å². The Morgan fingerprint density at radius 1 is 1.16 bits per heavy atom. The average molecular weight is 267 g/mol. The molecule has 2 saturated heterocycles. The van der Waals surface area contributed by atoms with Crippen LogP contribution in [0.3, 0.4) is 0 Å². The van der Waals surface area contributed by atoms with Crippen molar-refractivity contribution in [2.24, 2.45) is 0 Å². The number of carbonyl (C=O) groups is 1. The maximum Gasteiger partial charge on any atom is 0.240 e. The van der Waals surface area contributed by atoms with Gasteiger partial charge in [-0.25, -0.2) is 0 Å². The van der Waals surface area contributed by atoms with E-state index in [2.05, 4.69) is 22.0 Å². The quantitative estimate of drug-likeness (QED) is 0.740. The van der Waals surface area contributed by atoms with E-state index in [-0.39, 0.29) is 6.04 Å². The molecule has 0 bridgehead atoms. The number of piperazine rings is 1. The minimum Gasteiger partial charge on any atom is -0.339 e. The number of nitrogens with one attached hydrogen (secondary N) is 1. The van der Waals surface area contributed by atoms with Gasteiger partial charge in [0.05, 0.1) is 6.04 Å². The van der Waals surface area contributed by atoms with Crippen LogP contribution >= 0.6 is 0 Å². The SMILES string of the molecule is CCCCCCN1CCCC1C(=O)N1CCNCC1. The number of unbranched alkanes of at least 4 members (excludes halogenated alkanes) is 3. The predicted molar refractivity (Wildman–Crippen MR) is 78.2 cm³/mol. The van der Waals surface area contributed by atoms with Gasteiger partial charge in [-0.05, 0) is 32.4 Å². The van der Waals surface area contributed by atoms with E-state index in [1.165, 1.54) is 32.1 Å². The maximum atomic E-state index is 12.6. The molecule has 2 rings (SSSR count). The standard InChI is InChI=1S/C15H29N3O/c1-2-3-4-5-10-17-11-6-7-14(17)15(19)18-12-8-16-9-13-18/h14,16H,2-13H2,1H3. The Morgan fingerprint density at radius 2 is 1.95 bits per heavy atom. The van der Waals surface area contributed by atoms with Crippen LogP contribution in [0, 0.1) is 0 Å². The number of hydrogen-bond donors (Lipinski definition) is 1. The van der Waals surface area contributed by atoms with E-state index in [0.717, 1.165) is 45.7 Å². The highest BCUT2D eigenvalue weighted by Crippen LogP contribution is 2.20. The summed E-state index contributed by atoms with van der Waals surface area (Å²) in [7, 11) is 0. The van der Waals surface area contributed by atoms with E-state index in [1.807, 2.05) is 0 Å². The first-order chi connectivity index (χ1) is 9.33. The molecule has 1 N–H and O–H groups in total. The zero-order valence-electron chi connectivity index (χ0n) is 12.4. The molecule has 1 amide bonds. The lowest BCUT2D eigenvalue weighted by Gasteiger charge is -2.33. The highest BCUT2D eigenvalue weighted by Gasteiger charge is 2.33. The van der Waals surface area contributed by atoms with E-state index in [0.29, 0.717) is 5.91 Å². The third kappa shape index (κ3) is 4.18. The third-order valence-corrected chi connectivity index (χ3v) is 4.38. The summed E-state index contributed by atoms with van der Waals surface area (Å²) < 4.78 is 0. The lowest BCUT2D eigenvalue weighted by molar-refractivity contribution is -0.136. The summed E-state index contributed by atoms with van der Waals surface area (Å²) in [6, 6.07) is 0.180. The fraction of sp³-hybridized carbons (Fsp3) is 0.933. The molecule has 0 aromatic heterocycles. The monoisotopic (exact) mass is 267 g/mol. The van der Waals surface area contributed by atoms with Gasteiger partial charge in [-0.3, -0.25) is 9.69 Å². The molecule has 2 aliphatic heterocycles. The van der Waals surface area contributed by atoms with Gasteiger partial charge in [0.15, 0.2) is 0 Å². The van der Waals surface area contributed by atoms with Crippen LogP contribution in [0.5, 0.6) is 0 Å². The first-order valence-electron chi connectivity index (χ1n) is 8.06. The first-order valence-corrected chi connectivity index (χ1v) is 8.06. The first kappa shape index (κ1) is 14.8. The Balaban J connectivity index is 1.78. The summed E-state index contributed by atoms with van der Waals surface area (Å²) in [5.41, 5.74) is 0. The minimum atomic E-state index is 0.180. The van der Waals surface area contributed by atoms with Crippen molar-refractivity contribution in [3.63, 3.8) is 0 Å². The van der Waals surface area contributed by atoms with Gasteiger partial charge >= 0.3 is 0 Å². The van der Waals surface area contributed by atoms with Crippen molar-refractivity contribution >= 4 is 5.91 Å². The molecule has 19 heavy (non-hydrogen) atoms. The van der Waals surface area contributed by atoms with Gasteiger partial charge in [-0.15, -0.1) is 0 Å². The number of rotatable bonds is 6.